The molecular weight excluding hydrogens is 248 g/mol. The first-order chi connectivity index (χ1) is 8.67. The average Bonchev–Trinajstić information content (AvgIpc) is 2.79. The minimum absolute atomic E-state index is 0.300. The van der Waals surface area contributed by atoms with Crippen LogP contribution in [0.4, 0.5) is 0 Å². The van der Waals surface area contributed by atoms with Crippen molar-refractivity contribution >= 4 is 17.3 Å². The fourth-order valence-corrected chi connectivity index (χ4v) is 2.81. The molecule has 0 saturated carbocycles. The number of benzene rings is 1. The zero-order valence-corrected chi connectivity index (χ0v) is 11.3. The van der Waals surface area contributed by atoms with Gasteiger partial charge < -0.3 is 9.47 Å². The highest BCUT2D eigenvalue weighted by Gasteiger charge is 2.18. The fourth-order valence-electron chi connectivity index (χ4n) is 1.82. The molecule has 0 radical (unpaired) electrons. The Bertz CT molecular complexity index is 572. The summed E-state index contributed by atoms with van der Waals surface area (Å²) in [5.74, 6) is 0.472. The van der Waals surface area contributed by atoms with Crippen molar-refractivity contribution in [3.05, 3.63) is 40.1 Å². The molecule has 0 aliphatic carbocycles. The lowest BCUT2D eigenvalue weighted by molar-refractivity contribution is 0.0607. The summed E-state index contributed by atoms with van der Waals surface area (Å²) >= 11 is 1.40. The van der Waals surface area contributed by atoms with E-state index in [0.29, 0.717) is 4.88 Å². The first-order valence-electron chi connectivity index (χ1n) is 5.48. The van der Waals surface area contributed by atoms with Crippen LogP contribution in [0.3, 0.4) is 0 Å². The third kappa shape index (κ3) is 2.24. The van der Waals surface area contributed by atoms with Crippen LogP contribution in [-0.4, -0.2) is 20.2 Å². The van der Waals surface area contributed by atoms with Gasteiger partial charge in [-0.15, -0.1) is 11.3 Å². The van der Waals surface area contributed by atoms with E-state index in [2.05, 4.69) is 0 Å². The van der Waals surface area contributed by atoms with Crippen LogP contribution in [-0.2, 0) is 4.74 Å². The number of thiophene rings is 1. The van der Waals surface area contributed by atoms with E-state index in [1.165, 1.54) is 18.4 Å². The third-order valence-electron chi connectivity index (χ3n) is 2.70. The molecule has 0 amide bonds. The summed E-state index contributed by atoms with van der Waals surface area (Å²) in [5, 5.41) is 1.96. The van der Waals surface area contributed by atoms with Gasteiger partial charge in [-0.05, 0) is 35.6 Å². The number of carbonyl (C=O) groups excluding carboxylic acids is 1. The predicted octanol–water partition coefficient (Wildman–Crippen LogP) is 3.52. The van der Waals surface area contributed by atoms with Gasteiger partial charge in [-0.1, -0.05) is 12.1 Å². The highest BCUT2D eigenvalue weighted by molar-refractivity contribution is 7.12. The molecule has 0 bridgehead atoms. The zero-order chi connectivity index (χ0) is 13.1. The average molecular weight is 262 g/mol. The first kappa shape index (κ1) is 12.6. The number of rotatable bonds is 3. The quantitative estimate of drug-likeness (QED) is 0.794. The van der Waals surface area contributed by atoms with Crippen LogP contribution in [0.5, 0.6) is 5.75 Å². The molecular formula is C14H14O3S. The molecule has 0 N–H and O–H groups in total. The maximum absolute atomic E-state index is 11.7. The molecule has 0 aliphatic rings. The lowest BCUT2D eigenvalue weighted by atomic mass is 10.0. The van der Waals surface area contributed by atoms with Crippen LogP contribution in [0.2, 0.25) is 0 Å². The number of hydrogen-bond acceptors (Lipinski definition) is 4. The van der Waals surface area contributed by atoms with Crippen LogP contribution < -0.4 is 4.74 Å². The Balaban J connectivity index is 2.55. The molecule has 18 heavy (non-hydrogen) atoms. The van der Waals surface area contributed by atoms with Crippen LogP contribution in [0.1, 0.15) is 15.2 Å². The number of methoxy groups -OCH3 is 2. The summed E-state index contributed by atoms with van der Waals surface area (Å²) in [6.07, 6.45) is 0. The van der Waals surface area contributed by atoms with Gasteiger partial charge in [0.25, 0.3) is 0 Å². The molecule has 0 spiro atoms. The minimum Gasteiger partial charge on any atom is -0.497 e. The number of hydrogen-bond donors (Lipinski definition) is 0. The Kier molecular flexibility index (Phi) is 3.67. The van der Waals surface area contributed by atoms with E-state index in [1.54, 1.807) is 7.11 Å². The Morgan fingerprint density at radius 3 is 2.72 bits per heavy atom. The second kappa shape index (κ2) is 5.23. The van der Waals surface area contributed by atoms with Gasteiger partial charge in [0.2, 0.25) is 0 Å². The number of esters is 1. The molecule has 0 atom stereocenters. The molecule has 0 saturated heterocycles. The number of carbonyl (C=O) groups is 1. The number of ether oxygens (including phenoxy) is 2. The van der Waals surface area contributed by atoms with Crippen LogP contribution in [0.25, 0.3) is 11.1 Å². The van der Waals surface area contributed by atoms with Crippen molar-refractivity contribution in [2.75, 3.05) is 14.2 Å². The van der Waals surface area contributed by atoms with E-state index < -0.39 is 0 Å². The van der Waals surface area contributed by atoms with Gasteiger partial charge in [0, 0.05) is 5.56 Å². The van der Waals surface area contributed by atoms with Crippen molar-refractivity contribution in [2.45, 2.75) is 6.92 Å². The van der Waals surface area contributed by atoms with Gasteiger partial charge in [-0.25, -0.2) is 4.79 Å². The second-order valence-electron chi connectivity index (χ2n) is 3.85. The summed E-state index contributed by atoms with van der Waals surface area (Å²) in [6.45, 7) is 1.98. The Morgan fingerprint density at radius 2 is 2.06 bits per heavy atom. The van der Waals surface area contributed by atoms with Crippen molar-refractivity contribution in [1.29, 1.82) is 0 Å². The summed E-state index contributed by atoms with van der Waals surface area (Å²) < 4.78 is 10.0. The zero-order valence-electron chi connectivity index (χ0n) is 10.5. The summed E-state index contributed by atoms with van der Waals surface area (Å²) in [7, 11) is 3.02. The van der Waals surface area contributed by atoms with E-state index >= 15 is 0 Å². The monoisotopic (exact) mass is 262 g/mol. The molecule has 1 heterocycles. The Morgan fingerprint density at radius 1 is 1.28 bits per heavy atom. The topological polar surface area (TPSA) is 35.5 Å². The molecule has 1 aromatic heterocycles. The standard InChI is InChI=1S/C14H14O3S/c1-9-8-18-13(14(15)17-3)12(9)10-5-4-6-11(7-10)16-2/h4-8H,1-3H3. The molecule has 1 aromatic carbocycles. The van der Waals surface area contributed by atoms with Crippen molar-refractivity contribution in [2.24, 2.45) is 0 Å². The third-order valence-corrected chi connectivity index (χ3v) is 3.78. The van der Waals surface area contributed by atoms with Gasteiger partial charge >= 0.3 is 5.97 Å². The molecule has 2 rings (SSSR count). The van der Waals surface area contributed by atoms with E-state index in [9.17, 15) is 4.79 Å². The molecule has 0 unspecified atom stereocenters. The maximum atomic E-state index is 11.7. The lowest BCUT2D eigenvalue weighted by Gasteiger charge is -2.06. The number of aryl methyl sites for hydroxylation is 1. The van der Waals surface area contributed by atoms with Crippen molar-refractivity contribution in [1.82, 2.24) is 0 Å². The van der Waals surface area contributed by atoms with E-state index in [4.69, 9.17) is 9.47 Å². The Hall–Kier alpha value is -1.81. The second-order valence-corrected chi connectivity index (χ2v) is 4.73. The summed E-state index contributed by atoms with van der Waals surface area (Å²) in [4.78, 5) is 12.4. The van der Waals surface area contributed by atoms with Gasteiger partial charge in [0.1, 0.15) is 10.6 Å². The van der Waals surface area contributed by atoms with Crippen LogP contribution >= 0.6 is 11.3 Å². The molecule has 4 heteroatoms. The van der Waals surface area contributed by atoms with E-state index in [0.717, 1.165) is 22.4 Å². The Labute approximate surface area is 110 Å². The largest absolute Gasteiger partial charge is 0.497 e. The first-order valence-corrected chi connectivity index (χ1v) is 6.36. The van der Waals surface area contributed by atoms with Gasteiger partial charge in [0.05, 0.1) is 14.2 Å². The molecule has 3 nitrogen and oxygen atoms in total. The van der Waals surface area contributed by atoms with Crippen molar-refractivity contribution in [3.63, 3.8) is 0 Å². The predicted molar refractivity (Wildman–Crippen MR) is 72.4 cm³/mol. The van der Waals surface area contributed by atoms with Gasteiger partial charge in [-0.2, -0.15) is 0 Å². The van der Waals surface area contributed by atoms with E-state index in [-0.39, 0.29) is 5.97 Å². The SMILES string of the molecule is COC(=O)c1scc(C)c1-c1cccc(OC)c1. The highest BCUT2D eigenvalue weighted by Crippen LogP contribution is 2.34. The molecule has 94 valence electrons. The molecule has 0 aliphatic heterocycles. The lowest BCUT2D eigenvalue weighted by Crippen LogP contribution is -2.00. The minimum atomic E-state index is -0.300. The molecule has 0 fully saturated rings. The summed E-state index contributed by atoms with van der Waals surface area (Å²) in [6, 6.07) is 7.67. The van der Waals surface area contributed by atoms with Crippen LogP contribution in [0, 0.1) is 6.92 Å². The van der Waals surface area contributed by atoms with E-state index in [1.807, 2.05) is 36.6 Å². The smallest absolute Gasteiger partial charge is 0.348 e. The molecule has 2 aromatic rings. The van der Waals surface area contributed by atoms with Gasteiger partial charge in [0.15, 0.2) is 0 Å². The fraction of sp³-hybridized carbons (Fsp3) is 0.214. The normalized spacial score (nSPS) is 10.2. The van der Waals surface area contributed by atoms with Crippen molar-refractivity contribution in [3.8, 4) is 16.9 Å². The van der Waals surface area contributed by atoms with Crippen molar-refractivity contribution < 1.29 is 14.3 Å². The highest BCUT2D eigenvalue weighted by atomic mass is 32.1. The summed E-state index contributed by atoms with van der Waals surface area (Å²) in [5.41, 5.74) is 2.95. The maximum Gasteiger partial charge on any atom is 0.348 e. The van der Waals surface area contributed by atoms with Crippen LogP contribution in [0.15, 0.2) is 29.6 Å². The van der Waals surface area contributed by atoms with Gasteiger partial charge in [-0.3, -0.25) is 0 Å².